The highest BCUT2D eigenvalue weighted by molar-refractivity contribution is 7.22. The second-order valence-electron chi connectivity index (χ2n) is 6.72. The Balaban J connectivity index is 1.23. The van der Waals surface area contributed by atoms with E-state index in [-0.39, 0.29) is 6.10 Å². The minimum atomic E-state index is 0.101. The Labute approximate surface area is 165 Å². The van der Waals surface area contributed by atoms with Gasteiger partial charge >= 0.3 is 0 Å². The van der Waals surface area contributed by atoms with Gasteiger partial charge in [0.15, 0.2) is 5.13 Å². The van der Waals surface area contributed by atoms with Gasteiger partial charge in [-0.25, -0.2) is 19.9 Å². The molecule has 0 unspecified atom stereocenters. The van der Waals surface area contributed by atoms with Crippen molar-refractivity contribution in [2.45, 2.75) is 25.0 Å². The average molecular weight is 390 g/mol. The molecule has 0 radical (unpaired) electrons. The molecule has 3 aromatic heterocycles. The van der Waals surface area contributed by atoms with Crippen LogP contribution in [0, 0.1) is 0 Å². The molecule has 1 aliphatic carbocycles. The maximum Gasteiger partial charge on any atom is 0.240 e. The van der Waals surface area contributed by atoms with Crippen LogP contribution in [0.5, 0.6) is 5.88 Å². The topological polar surface area (TPSA) is 98.8 Å². The Kier molecular flexibility index (Phi) is 4.25. The van der Waals surface area contributed by atoms with Crippen molar-refractivity contribution in [3.8, 4) is 17.1 Å². The molecule has 1 aromatic carbocycles. The number of aromatic nitrogens is 4. The first-order valence-electron chi connectivity index (χ1n) is 9.06. The Morgan fingerprint density at radius 1 is 1.04 bits per heavy atom. The lowest BCUT2D eigenvalue weighted by molar-refractivity contribution is 0.103. The van der Waals surface area contributed by atoms with Gasteiger partial charge in [0, 0.05) is 43.0 Å². The van der Waals surface area contributed by atoms with E-state index in [2.05, 4.69) is 31.3 Å². The highest BCUT2D eigenvalue weighted by Crippen LogP contribution is 2.33. The third kappa shape index (κ3) is 3.34. The molecule has 0 spiro atoms. The number of rotatable bonds is 5. The first-order valence-corrected chi connectivity index (χ1v) is 9.88. The Bertz CT molecular complexity index is 1070. The molecule has 0 saturated heterocycles. The van der Waals surface area contributed by atoms with Gasteiger partial charge in [0.2, 0.25) is 5.88 Å². The molecule has 8 heteroatoms. The van der Waals surface area contributed by atoms with Gasteiger partial charge < -0.3 is 15.8 Å². The van der Waals surface area contributed by atoms with Crippen LogP contribution in [0.4, 0.5) is 10.9 Å². The number of ether oxygens (including phenoxy) is 1. The van der Waals surface area contributed by atoms with E-state index in [4.69, 9.17) is 10.5 Å². The molecule has 0 aliphatic heterocycles. The standard InChI is InChI=1S/C20H18N6OS/c21-17-6-5-12(11-24-17)18-19(23-8-7-22-18)27-14-9-13(10-14)25-20-26-15-3-1-2-4-16(15)28-20/h1-8,11,13-14H,9-10H2,(H2,21,24)(H,25,26). The molecule has 4 aromatic rings. The van der Waals surface area contributed by atoms with Crippen molar-refractivity contribution in [1.29, 1.82) is 0 Å². The lowest BCUT2D eigenvalue weighted by Gasteiger charge is -2.35. The number of para-hydroxylation sites is 1. The Morgan fingerprint density at radius 3 is 2.71 bits per heavy atom. The van der Waals surface area contributed by atoms with E-state index in [0.717, 1.165) is 29.1 Å². The van der Waals surface area contributed by atoms with Crippen molar-refractivity contribution >= 4 is 32.5 Å². The summed E-state index contributed by atoms with van der Waals surface area (Å²) in [5, 5.41) is 4.46. The SMILES string of the molecule is Nc1ccc(-c2nccnc2OC2CC(Nc3nc4ccccc4s3)C2)cn1. The molecule has 7 nitrogen and oxygen atoms in total. The monoisotopic (exact) mass is 390 g/mol. The normalized spacial score (nSPS) is 18.6. The summed E-state index contributed by atoms with van der Waals surface area (Å²) < 4.78 is 7.30. The number of fused-ring (bicyclic) bond motifs is 1. The van der Waals surface area contributed by atoms with Gasteiger partial charge in [-0.2, -0.15) is 0 Å². The molecule has 0 atom stereocenters. The molecule has 0 amide bonds. The zero-order chi connectivity index (χ0) is 18.9. The van der Waals surface area contributed by atoms with Crippen molar-refractivity contribution in [1.82, 2.24) is 19.9 Å². The number of hydrogen-bond donors (Lipinski definition) is 2. The van der Waals surface area contributed by atoms with Crippen LogP contribution in [0.25, 0.3) is 21.5 Å². The van der Waals surface area contributed by atoms with Gasteiger partial charge in [-0.05, 0) is 24.3 Å². The highest BCUT2D eigenvalue weighted by Gasteiger charge is 2.32. The van der Waals surface area contributed by atoms with Crippen molar-refractivity contribution in [3.63, 3.8) is 0 Å². The van der Waals surface area contributed by atoms with Crippen molar-refractivity contribution in [2.75, 3.05) is 11.1 Å². The molecule has 0 bridgehead atoms. The second-order valence-corrected chi connectivity index (χ2v) is 7.75. The zero-order valence-electron chi connectivity index (χ0n) is 14.9. The van der Waals surface area contributed by atoms with Crippen molar-refractivity contribution in [3.05, 3.63) is 55.0 Å². The van der Waals surface area contributed by atoms with E-state index in [1.165, 1.54) is 4.70 Å². The van der Waals surface area contributed by atoms with Gasteiger partial charge in [-0.1, -0.05) is 23.5 Å². The molecule has 28 heavy (non-hydrogen) atoms. The number of thiazole rings is 1. The third-order valence-corrected chi connectivity index (χ3v) is 5.69. The Morgan fingerprint density at radius 2 is 1.89 bits per heavy atom. The molecule has 1 aliphatic rings. The number of anilines is 2. The summed E-state index contributed by atoms with van der Waals surface area (Å²) in [6.07, 6.45) is 6.86. The maximum atomic E-state index is 6.10. The number of pyridine rings is 1. The van der Waals surface area contributed by atoms with E-state index in [1.807, 2.05) is 24.3 Å². The summed E-state index contributed by atoms with van der Waals surface area (Å²) in [7, 11) is 0. The third-order valence-electron chi connectivity index (χ3n) is 4.72. The van der Waals surface area contributed by atoms with E-state index in [0.29, 0.717) is 23.4 Å². The van der Waals surface area contributed by atoms with Crippen LogP contribution in [-0.4, -0.2) is 32.1 Å². The van der Waals surface area contributed by atoms with E-state index < -0.39 is 0 Å². The number of nitrogen functional groups attached to an aromatic ring is 1. The number of nitrogens with zero attached hydrogens (tertiary/aromatic N) is 4. The summed E-state index contributed by atoms with van der Waals surface area (Å²) in [6, 6.07) is 12.1. The van der Waals surface area contributed by atoms with Crippen LogP contribution in [0.2, 0.25) is 0 Å². The van der Waals surface area contributed by atoms with Gasteiger partial charge in [-0.3, -0.25) is 0 Å². The summed E-state index contributed by atoms with van der Waals surface area (Å²) in [5.74, 6) is 0.996. The minimum absolute atomic E-state index is 0.101. The fourth-order valence-corrected chi connectivity index (χ4v) is 4.14. The predicted octanol–water partition coefficient (Wildman–Crippen LogP) is 3.75. The predicted molar refractivity (Wildman–Crippen MR) is 110 cm³/mol. The fourth-order valence-electron chi connectivity index (χ4n) is 3.20. The number of benzene rings is 1. The van der Waals surface area contributed by atoms with Crippen molar-refractivity contribution < 1.29 is 4.74 Å². The van der Waals surface area contributed by atoms with Gasteiger partial charge in [0.25, 0.3) is 0 Å². The first-order chi connectivity index (χ1) is 13.7. The summed E-state index contributed by atoms with van der Waals surface area (Å²) in [4.78, 5) is 17.5. The molecule has 1 fully saturated rings. The maximum absolute atomic E-state index is 6.10. The van der Waals surface area contributed by atoms with Gasteiger partial charge in [-0.15, -0.1) is 0 Å². The molecular formula is C20H18N6OS. The van der Waals surface area contributed by atoms with Crippen LogP contribution in [-0.2, 0) is 0 Å². The van der Waals surface area contributed by atoms with Crippen molar-refractivity contribution in [2.24, 2.45) is 0 Å². The van der Waals surface area contributed by atoms with Crippen LogP contribution in [0.3, 0.4) is 0 Å². The smallest absolute Gasteiger partial charge is 0.240 e. The Hall–Kier alpha value is -3.26. The number of nitrogens with one attached hydrogen (secondary N) is 1. The lowest BCUT2D eigenvalue weighted by atomic mass is 9.89. The molecule has 3 heterocycles. The largest absolute Gasteiger partial charge is 0.473 e. The van der Waals surface area contributed by atoms with E-state index in [9.17, 15) is 0 Å². The second kappa shape index (κ2) is 7.05. The van der Waals surface area contributed by atoms with E-state index in [1.54, 1.807) is 36.0 Å². The van der Waals surface area contributed by atoms with Gasteiger partial charge in [0.1, 0.15) is 17.6 Å². The molecule has 3 N–H and O–H groups in total. The minimum Gasteiger partial charge on any atom is -0.473 e. The summed E-state index contributed by atoms with van der Waals surface area (Å²) in [5.41, 5.74) is 8.21. The van der Waals surface area contributed by atoms with E-state index >= 15 is 0 Å². The average Bonchev–Trinajstić information content (AvgIpc) is 3.10. The number of nitrogens with two attached hydrogens (primary N) is 1. The zero-order valence-corrected chi connectivity index (χ0v) is 15.8. The summed E-state index contributed by atoms with van der Waals surface area (Å²) >= 11 is 1.68. The molecule has 5 rings (SSSR count). The molecule has 140 valence electrons. The summed E-state index contributed by atoms with van der Waals surface area (Å²) in [6.45, 7) is 0. The van der Waals surface area contributed by atoms with Crippen LogP contribution >= 0.6 is 11.3 Å². The van der Waals surface area contributed by atoms with Crippen LogP contribution in [0.15, 0.2) is 55.0 Å². The van der Waals surface area contributed by atoms with Gasteiger partial charge in [0.05, 0.1) is 10.2 Å². The molecule has 1 saturated carbocycles. The first kappa shape index (κ1) is 16.9. The fraction of sp³-hybridized carbons (Fsp3) is 0.200. The molecular weight excluding hydrogens is 372 g/mol. The quantitative estimate of drug-likeness (QED) is 0.535. The number of hydrogen-bond acceptors (Lipinski definition) is 8. The lowest BCUT2D eigenvalue weighted by Crippen LogP contribution is -2.42. The highest BCUT2D eigenvalue weighted by atomic mass is 32.1. The van der Waals surface area contributed by atoms with Crippen LogP contribution < -0.4 is 15.8 Å². The van der Waals surface area contributed by atoms with Crippen LogP contribution in [0.1, 0.15) is 12.8 Å².